The molecule has 0 saturated carbocycles. The first-order valence-electron chi connectivity index (χ1n) is 7.11. The van der Waals surface area contributed by atoms with E-state index < -0.39 is 10.0 Å². The molecule has 7 heteroatoms. The number of rotatable bonds is 6. The fourth-order valence-electron chi connectivity index (χ4n) is 2.35. The van der Waals surface area contributed by atoms with Crippen molar-refractivity contribution in [3.05, 3.63) is 28.7 Å². The van der Waals surface area contributed by atoms with Crippen LogP contribution in [0.3, 0.4) is 0 Å². The molecule has 1 saturated heterocycles. The van der Waals surface area contributed by atoms with Gasteiger partial charge in [-0.2, -0.15) is 4.31 Å². The summed E-state index contributed by atoms with van der Waals surface area (Å²) in [6.07, 6.45) is 2.46. The number of hydrogen-bond acceptors (Lipinski definition) is 4. The van der Waals surface area contributed by atoms with Crippen LogP contribution in [0.4, 0.5) is 0 Å². The Morgan fingerprint density at radius 1 is 1.33 bits per heavy atom. The van der Waals surface area contributed by atoms with Gasteiger partial charge in [0.2, 0.25) is 10.0 Å². The van der Waals surface area contributed by atoms with E-state index in [-0.39, 0.29) is 6.10 Å². The zero-order valence-electron chi connectivity index (χ0n) is 11.9. The Balaban J connectivity index is 1.95. The predicted octanol–water partition coefficient (Wildman–Crippen LogP) is 1.97. The smallest absolute Gasteiger partial charge is 0.243 e. The van der Waals surface area contributed by atoms with E-state index in [0.29, 0.717) is 31.1 Å². The van der Waals surface area contributed by atoms with Crippen molar-refractivity contribution >= 4 is 26.0 Å². The minimum Gasteiger partial charge on any atom is -0.378 e. The quantitative estimate of drug-likeness (QED) is 0.770. The highest BCUT2D eigenvalue weighted by Gasteiger charge is 2.29. The van der Waals surface area contributed by atoms with Gasteiger partial charge in [-0.05, 0) is 44.0 Å². The molecule has 0 unspecified atom stereocenters. The fraction of sp³-hybridized carbons (Fsp3) is 0.571. The molecule has 0 aliphatic carbocycles. The zero-order valence-corrected chi connectivity index (χ0v) is 14.3. The van der Waals surface area contributed by atoms with Gasteiger partial charge in [0.25, 0.3) is 0 Å². The first kappa shape index (κ1) is 16.9. The van der Waals surface area contributed by atoms with Gasteiger partial charge in [0, 0.05) is 24.2 Å². The summed E-state index contributed by atoms with van der Waals surface area (Å²) in [5.74, 6) is 0. The molecular weight excluding hydrogens is 356 g/mol. The monoisotopic (exact) mass is 376 g/mol. The SMILES string of the molecule is NCCCOC1CCN(S(=O)(=O)c2cccc(Br)c2)CC1. The Hall–Kier alpha value is -0.470. The second kappa shape index (κ2) is 7.69. The van der Waals surface area contributed by atoms with E-state index >= 15 is 0 Å². The second-order valence-corrected chi connectivity index (χ2v) is 7.93. The third-order valence-corrected chi connectivity index (χ3v) is 5.92. The van der Waals surface area contributed by atoms with Gasteiger partial charge in [-0.15, -0.1) is 0 Å². The molecule has 0 amide bonds. The van der Waals surface area contributed by atoms with Crippen molar-refractivity contribution in [3.63, 3.8) is 0 Å². The lowest BCUT2D eigenvalue weighted by molar-refractivity contribution is 0.0209. The third kappa shape index (κ3) is 4.50. The van der Waals surface area contributed by atoms with Crippen molar-refractivity contribution < 1.29 is 13.2 Å². The lowest BCUT2D eigenvalue weighted by atomic mass is 10.1. The highest BCUT2D eigenvalue weighted by molar-refractivity contribution is 9.10. The van der Waals surface area contributed by atoms with Crippen molar-refractivity contribution in [2.75, 3.05) is 26.2 Å². The van der Waals surface area contributed by atoms with E-state index in [1.54, 1.807) is 18.2 Å². The van der Waals surface area contributed by atoms with E-state index in [1.165, 1.54) is 4.31 Å². The Bertz CT molecular complexity index is 557. The zero-order chi connectivity index (χ0) is 15.3. The Labute approximate surface area is 134 Å². The lowest BCUT2D eigenvalue weighted by Crippen LogP contribution is -2.41. The summed E-state index contributed by atoms with van der Waals surface area (Å²) in [7, 11) is -3.41. The van der Waals surface area contributed by atoms with E-state index in [1.807, 2.05) is 6.07 Å². The van der Waals surface area contributed by atoms with Crippen LogP contribution in [0.2, 0.25) is 0 Å². The molecule has 0 atom stereocenters. The summed E-state index contributed by atoms with van der Waals surface area (Å²) >= 11 is 3.31. The number of sulfonamides is 1. The van der Waals surface area contributed by atoms with Gasteiger partial charge in [-0.25, -0.2) is 8.42 Å². The summed E-state index contributed by atoms with van der Waals surface area (Å²) in [6.45, 7) is 2.28. The first-order chi connectivity index (χ1) is 10.0. The van der Waals surface area contributed by atoms with Gasteiger partial charge in [0.15, 0.2) is 0 Å². The van der Waals surface area contributed by atoms with Crippen LogP contribution in [0.5, 0.6) is 0 Å². The van der Waals surface area contributed by atoms with E-state index in [0.717, 1.165) is 23.7 Å². The maximum absolute atomic E-state index is 12.6. The molecule has 1 aromatic carbocycles. The van der Waals surface area contributed by atoms with Crippen LogP contribution in [0.15, 0.2) is 33.6 Å². The number of halogens is 1. The largest absolute Gasteiger partial charge is 0.378 e. The number of hydrogen-bond donors (Lipinski definition) is 1. The summed E-state index contributed by atoms with van der Waals surface area (Å²) < 4.78 is 33.1. The van der Waals surface area contributed by atoms with Gasteiger partial charge < -0.3 is 10.5 Å². The van der Waals surface area contributed by atoms with Gasteiger partial charge >= 0.3 is 0 Å². The summed E-state index contributed by atoms with van der Waals surface area (Å²) in [5.41, 5.74) is 5.43. The molecule has 1 aliphatic rings. The van der Waals surface area contributed by atoms with Crippen molar-refractivity contribution in [2.45, 2.75) is 30.3 Å². The molecule has 0 spiro atoms. The van der Waals surface area contributed by atoms with Crippen molar-refractivity contribution in [1.29, 1.82) is 0 Å². The maximum atomic E-state index is 12.6. The normalized spacial score (nSPS) is 18.0. The van der Waals surface area contributed by atoms with E-state index in [2.05, 4.69) is 15.9 Å². The third-order valence-electron chi connectivity index (χ3n) is 3.54. The Morgan fingerprint density at radius 2 is 2.05 bits per heavy atom. The lowest BCUT2D eigenvalue weighted by Gasteiger charge is -2.31. The van der Waals surface area contributed by atoms with Crippen molar-refractivity contribution in [3.8, 4) is 0 Å². The molecule has 2 rings (SSSR count). The molecule has 1 aliphatic heterocycles. The molecule has 2 N–H and O–H groups in total. The van der Waals surface area contributed by atoms with Crippen LogP contribution in [0.1, 0.15) is 19.3 Å². The minimum atomic E-state index is -3.41. The van der Waals surface area contributed by atoms with Crippen LogP contribution >= 0.6 is 15.9 Å². The van der Waals surface area contributed by atoms with Crippen molar-refractivity contribution in [1.82, 2.24) is 4.31 Å². The molecule has 21 heavy (non-hydrogen) atoms. The fourth-order valence-corrected chi connectivity index (χ4v) is 4.42. The average Bonchev–Trinajstić information content (AvgIpc) is 2.48. The number of benzene rings is 1. The van der Waals surface area contributed by atoms with Gasteiger partial charge in [-0.1, -0.05) is 22.0 Å². The second-order valence-electron chi connectivity index (χ2n) is 5.07. The predicted molar refractivity (Wildman–Crippen MR) is 85.5 cm³/mol. The number of piperidine rings is 1. The Kier molecular flexibility index (Phi) is 6.19. The molecule has 1 fully saturated rings. The highest BCUT2D eigenvalue weighted by Crippen LogP contribution is 2.24. The van der Waals surface area contributed by atoms with Gasteiger partial charge in [-0.3, -0.25) is 0 Å². The number of ether oxygens (including phenoxy) is 1. The molecule has 1 aromatic rings. The summed E-state index contributed by atoms with van der Waals surface area (Å²) in [6, 6.07) is 6.82. The van der Waals surface area contributed by atoms with Crippen molar-refractivity contribution in [2.24, 2.45) is 5.73 Å². The molecule has 118 valence electrons. The summed E-state index contributed by atoms with van der Waals surface area (Å²) in [4.78, 5) is 0.333. The van der Waals surface area contributed by atoms with Crippen LogP contribution < -0.4 is 5.73 Å². The molecule has 0 radical (unpaired) electrons. The molecule has 5 nitrogen and oxygen atoms in total. The molecule has 0 bridgehead atoms. The van der Waals surface area contributed by atoms with Crippen LogP contribution in [-0.4, -0.2) is 45.1 Å². The Morgan fingerprint density at radius 3 is 2.67 bits per heavy atom. The average molecular weight is 377 g/mol. The van der Waals surface area contributed by atoms with Gasteiger partial charge in [0.1, 0.15) is 0 Å². The molecular formula is C14H21BrN2O3S. The van der Waals surface area contributed by atoms with E-state index in [9.17, 15) is 8.42 Å². The van der Waals surface area contributed by atoms with Gasteiger partial charge in [0.05, 0.1) is 11.0 Å². The summed E-state index contributed by atoms with van der Waals surface area (Å²) in [5, 5.41) is 0. The van der Waals surface area contributed by atoms with Crippen LogP contribution in [0, 0.1) is 0 Å². The molecule has 1 heterocycles. The minimum absolute atomic E-state index is 0.144. The number of nitrogens with two attached hydrogens (primary N) is 1. The van der Waals surface area contributed by atoms with E-state index in [4.69, 9.17) is 10.5 Å². The standard InChI is InChI=1S/C14H21BrN2O3S/c15-12-3-1-4-14(11-12)21(18,19)17-8-5-13(6-9-17)20-10-2-7-16/h1,3-4,11,13H,2,5-10,16H2. The van der Waals surface area contributed by atoms with Crippen LogP contribution in [-0.2, 0) is 14.8 Å². The first-order valence-corrected chi connectivity index (χ1v) is 9.35. The maximum Gasteiger partial charge on any atom is 0.243 e. The molecule has 0 aromatic heterocycles. The highest BCUT2D eigenvalue weighted by atomic mass is 79.9. The van der Waals surface area contributed by atoms with Crippen LogP contribution in [0.25, 0.3) is 0 Å². The topological polar surface area (TPSA) is 72.6 Å². The number of nitrogens with zero attached hydrogens (tertiary/aromatic N) is 1.